The largest absolute Gasteiger partial charge is 0.493 e. The van der Waals surface area contributed by atoms with Gasteiger partial charge in [-0.15, -0.1) is 0 Å². The molecule has 0 amide bonds. The smallest absolute Gasteiger partial charge is 0.232 e. The zero-order chi connectivity index (χ0) is 22.2. The van der Waals surface area contributed by atoms with Gasteiger partial charge in [0.25, 0.3) is 0 Å². The lowest BCUT2D eigenvalue weighted by atomic mass is 10.00. The van der Waals surface area contributed by atoms with Crippen molar-refractivity contribution in [2.75, 3.05) is 21.0 Å². The molecule has 3 heterocycles. The number of rotatable bonds is 5. The topological polar surface area (TPSA) is 70.4 Å². The van der Waals surface area contributed by atoms with E-state index in [9.17, 15) is 4.79 Å². The van der Waals surface area contributed by atoms with Gasteiger partial charge in [-0.05, 0) is 42.8 Å². The normalized spacial score (nSPS) is 16.3. The molecule has 0 radical (unpaired) electrons. The van der Waals surface area contributed by atoms with Crippen molar-refractivity contribution in [2.24, 2.45) is 0 Å². The predicted molar refractivity (Wildman–Crippen MR) is 117 cm³/mol. The molecule has 0 aliphatic carbocycles. The van der Waals surface area contributed by atoms with Crippen LogP contribution in [0.5, 0.6) is 23.0 Å². The lowest BCUT2D eigenvalue weighted by molar-refractivity contribution is 0.0876. The van der Waals surface area contributed by atoms with Gasteiger partial charge < -0.3 is 23.4 Å². The van der Waals surface area contributed by atoms with Crippen LogP contribution in [-0.4, -0.2) is 31.6 Å². The van der Waals surface area contributed by atoms with Crippen molar-refractivity contribution in [1.29, 1.82) is 0 Å². The molecule has 0 unspecified atom stereocenters. The number of ketones is 1. The first-order valence-corrected chi connectivity index (χ1v) is 10.3. The Hall–Kier alpha value is -3.71. The van der Waals surface area contributed by atoms with Crippen molar-refractivity contribution in [3.8, 4) is 23.0 Å². The van der Waals surface area contributed by atoms with Crippen LogP contribution in [0.1, 0.15) is 32.8 Å². The molecule has 0 spiro atoms. The number of benzene rings is 2. The highest BCUT2D eigenvalue weighted by Gasteiger charge is 2.33. The fourth-order valence-electron chi connectivity index (χ4n) is 4.14. The van der Waals surface area contributed by atoms with Crippen molar-refractivity contribution in [3.63, 3.8) is 0 Å². The molecule has 2 aromatic carbocycles. The lowest BCUT2D eigenvalue weighted by Gasteiger charge is -2.30. The van der Waals surface area contributed by atoms with Crippen molar-refractivity contribution in [3.05, 3.63) is 76.4 Å². The van der Waals surface area contributed by atoms with Crippen LogP contribution in [0.4, 0.5) is 0 Å². The number of hydrogen-bond donors (Lipinski definition) is 0. The van der Waals surface area contributed by atoms with Gasteiger partial charge in [0, 0.05) is 30.3 Å². The van der Waals surface area contributed by atoms with Crippen LogP contribution in [0.3, 0.4) is 0 Å². The summed E-state index contributed by atoms with van der Waals surface area (Å²) in [7, 11) is 3.24. The monoisotopic (exact) mass is 433 g/mol. The molecule has 0 saturated carbocycles. The van der Waals surface area contributed by atoms with E-state index in [1.54, 1.807) is 38.7 Å². The van der Waals surface area contributed by atoms with E-state index in [0.717, 1.165) is 22.4 Å². The van der Waals surface area contributed by atoms with Gasteiger partial charge in [-0.2, -0.15) is 0 Å². The molecular weight excluding hydrogens is 410 g/mol. The summed E-state index contributed by atoms with van der Waals surface area (Å²) in [6.45, 7) is 3.68. The summed E-state index contributed by atoms with van der Waals surface area (Å²) in [5, 5.41) is 0. The summed E-state index contributed by atoms with van der Waals surface area (Å²) in [5.41, 5.74) is 3.43. The Morgan fingerprint density at radius 3 is 2.69 bits per heavy atom. The predicted octanol–water partition coefficient (Wildman–Crippen LogP) is 4.57. The Kier molecular flexibility index (Phi) is 5.11. The molecule has 1 aromatic heterocycles. The highest BCUT2D eigenvalue weighted by molar-refractivity contribution is 6.15. The van der Waals surface area contributed by atoms with Crippen LogP contribution in [0, 0.1) is 6.92 Å². The van der Waals surface area contributed by atoms with Crippen LogP contribution in [0.25, 0.3) is 6.08 Å². The minimum absolute atomic E-state index is 0.153. The molecule has 32 heavy (non-hydrogen) atoms. The zero-order valence-electron chi connectivity index (χ0n) is 18.1. The Morgan fingerprint density at radius 2 is 1.94 bits per heavy atom. The van der Waals surface area contributed by atoms with Crippen LogP contribution >= 0.6 is 0 Å². The van der Waals surface area contributed by atoms with Crippen molar-refractivity contribution >= 4 is 11.9 Å². The molecule has 0 N–H and O–H groups in total. The molecule has 0 atom stereocenters. The average molecular weight is 433 g/mol. The number of carbonyl (C=O) groups is 1. The molecule has 0 fully saturated rings. The van der Waals surface area contributed by atoms with Crippen LogP contribution < -0.4 is 18.9 Å². The van der Waals surface area contributed by atoms with Crippen LogP contribution in [0.15, 0.2) is 52.8 Å². The number of allylic oxidation sites excluding steroid dienone is 1. The van der Waals surface area contributed by atoms with E-state index in [0.29, 0.717) is 48.4 Å². The van der Waals surface area contributed by atoms with E-state index >= 15 is 0 Å². The maximum atomic E-state index is 12.9. The van der Waals surface area contributed by atoms with Gasteiger partial charge in [-0.25, -0.2) is 0 Å². The number of carbonyl (C=O) groups excluding carboxylic acids is 1. The summed E-state index contributed by atoms with van der Waals surface area (Å²) in [5.74, 6) is 3.39. The summed E-state index contributed by atoms with van der Waals surface area (Å²) in [6, 6.07) is 11.3. The van der Waals surface area contributed by atoms with E-state index in [-0.39, 0.29) is 11.5 Å². The number of furan rings is 1. The van der Waals surface area contributed by atoms with Gasteiger partial charge in [0.2, 0.25) is 5.78 Å². The highest BCUT2D eigenvalue weighted by Crippen LogP contribution is 2.43. The quantitative estimate of drug-likeness (QED) is 0.546. The maximum absolute atomic E-state index is 12.9. The molecule has 2 aliphatic rings. The summed E-state index contributed by atoms with van der Waals surface area (Å²) < 4.78 is 28.0. The molecule has 0 saturated heterocycles. The standard InChI is InChI=1S/C25H23NO6/c1-15-24-17(10-19-23(27)22(32-25(15)19)11-18-5-4-8-30-18)13-26(14-31-24)12-16-6-7-20(28-2)21(9-16)29-3/h4-11H,12-14H2,1-3H3/b22-11-. The first-order chi connectivity index (χ1) is 15.6. The summed E-state index contributed by atoms with van der Waals surface area (Å²) >= 11 is 0. The number of fused-ring (bicyclic) bond motifs is 2. The Morgan fingerprint density at radius 1 is 1.09 bits per heavy atom. The molecule has 5 rings (SSSR count). The van der Waals surface area contributed by atoms with Crippen molar-refractivity contribution in [1.82, 2.24) is 4.90 Å². The zero-order valence-corrected chi connectivity index (χ0v) is 18.1. The van der Waals surface area contributed by atoms with Gasteiger partial charge in [0.15, 0.2) is 17.3 Å². The number of Topliss-reactive ketones (excluding diaryl/α,β-unsaturated/α-hetero) is 1. The molecule has 164 valence electrons. The molecule has 0 bridgehead atoms. The highest BCUT2D eigenvalue weighted by atomic mass is 16.5. The van der Waals surface area contributed by atoms with Crippen molar-refractivity contribution in [2.45, 2.75) is 20.0 Å². The average Bonchev–Trinajstić information content (AvgIpc) is 3.43. The Balaban J connectivity index is 1.39. The molecule has 7 nitrogen and oxygen atoms in total. The first-order valence-electron chi connectivity index (χ1n) is 10.3. The van der Waals surface area contributed by atoms with Gasteiger partial charge in [0.1, 0.15) is 24.0 Å². The number of nitrogens with zero attached hydrogens (tertiary/aromatic N) is 1. The lowest BCUT2D eigenvalue weighted by Crippen LogP contribution is -2.32. The first kappa shape index (κ1) is 20.2. The molecule has 2 aliphatic heterocycles. The second kappa shape index (κ2) is 8.09. The van der Waals surface area contributed by atoms with E-state index in [1.807, 2.05) is 31.2 Å². The minimum Gasteiger partial charge on any atom is -0.493 e. The third kappa shape index (κ3) is 3.50. The second-order valence-electron chi connectivity index (χ2n) is 7.77. The third-order valence-electron chi connectivity index (χ3n) is 5.67. The summed E-state index contributed by atoms with van der Waals surface area (Å²) in [6.07, 6.45) is 3.18. The molecule has 7 heteroatoms. The van der Waals surface area contributed by atoms with Crippen LogP contribution in [0.2, 0.25) is 0 Å². The Labute approximate surface area is 185 Å². The van der Waals surface area contributed by atoms with Gasteiger partial charge in [-0.3, -0.25) is 9.69 Å². The molecular formula is C25H23NO6. The Bertz CT molecular complexity index is 1210. The van der Waals surface area contributed by atoms with Gasteiger partial charge >= 0.3 is 0 Å². The number of methoxy groups -OCH3 is 2. The number of ether oxygens (including phenoxy) is 4. The van der Waals surface area contributed by atoms with E-state index < -0.39 is 0 Å². The van der Waals surface area contributed by atoms with E-state index in [1.165, 1.54) is 0 Å². The summed E-state index contributed by atoms with van der Waals surface area (Å²) in [4.78, 5) is 15.1. The minimum atomic E-state index is -0.153. The van der Waals surface area contributed by atoms with Gasteiger partial charge in [-0.1, -0.05) is 6.07 Å². The van der Waals surface area contributed by atoms with Crippen molar-refractivity contribution < 1.29 is 28.2 Å². The maximum Gasteiger partial charge on any atom is 0.232 e. The van der Waals surface area contributed by atoms with E-state index in [4.69, 9.17) is 23.4 Å². The second-order valence-corrected chi connectivity index (χ2v) is 7.77. The van der Waals surface area contributed by atoms with E-state index in [2.05, 4.69) is 4.90 Å². The SMILES string of the molecule is COc1ccc(CN2COc3c(cc4c(c3C)O/C(=C\c3ccco3)C4=O)C2)cc1OC. The van der Waals surface area contributed by atoms with Crippen LogP contribution in [-0.2, 0) is 13.1 Å². The third-order valence-corrected chi connectivity index (χ3v) is 5.67. The molecule has 3 aromatic rings. The fourth-order valence-corrected chi connectivity index (χ4v) is 4.14. The van der Waals surface area contributed by atoms with Gasteiger partial charge in [0.05, 0.1) is 26.0 Å². The fraction of sp³-hybridized carbons (Fsp3) is 0.240. The number of hydrogen-bond acceptors (Lipinski definition) is 7.